The summed E-state index contributed by atoms with van der Waals surface area (Å²) in [5.41, 5.74) is 10.5. The number of nitrogens with two attached hydrogens (primary N) is 2. The van der Waals surface area contributed by atoms with E-state index in [4.69, 9.17) is 11.5 Å². The van der Waals surface area contributed by atoms with E-state index in [1.165, 1.54) is 11.2 Å². The number of amides is 2. The van der Waals surface area contributed by atoms with E-state index in [1.807, 2.05) is 0 Å². The van der Waals surface area contributed by atoms with Crippen molar-refractivity contribution in [2.45, 2.75) is 19.0 Å². The van der Waals surface area contributed by atoms with Crippen LogP contribution >= 0.6 is 0 Å². The van der Waals surface area contributed by atoms with Gasteiger partial charge in [0.05, 0.1) is 19.0 Å². The number of hydrogen-bond acceptors (Lipinski definition) is 5. The van der Waals surface area contributed by atoms with E-state index in [2.05, 4.69) is 15.2 Å². The fraction of sp³-hybridized carbons (Fsp3) is 0.500. The summed E-state index contributed by atoms with van der Waals surface area (Å²) in [4.78, 5) is 27.5. The predicted molar refractivity (Wildman–Crippen MR) is 54.6 cm³/mol. The molecule has 0 aliphatic heterocycles. The van der Waals surface area contributed by atoms with E-state index in [9.17, 15) is 9.59 Å². The molecule has 0 spiro atoms. The highest BCUT2D eigenvalue weighted by Crippen LogP contribution is 1.99. The van der Waals surface area contributed by atoms with Crippen LogP contribution in [0.15, 0.2) is 6.33 Å². The van der Waals surface area contributed by atoms with Gasteiger partial charge < -0.3 is 16.4 Å². The van der Waals surface area contributed by atoms with E-state index in [1.54, 1.807) is 7.05 Å². The molecule has 2 amide bonds. The molecule has 8 nitrogen and oxygen atoms in total. The molecule has 1 rings (SSSR count). The topological polar surface area (TPSA) is 131 Å². The molecule has 5 N–H and O–H groups in total. The zero-order valence-corrected chi connectivity index (χ0v) is 8.88. The number of primary amides is 1. The Bertz CT molecular complexity index is 363. The van der Waals surface area contributed by atoms with Crippen LogP contribution in [0.2, 0.25) is 0 Å². The zero-order chi connectivity index (χ0) is 12.1. The van der Waals surface area contributed by atoms with Crippen LogP contribution in [-0.4, -0.2) is 45.0 Å². The molecule has 0 aliphatic carbocycles. The molecule has 1 aromatic rings. The van der Waals surface area contributed by atoms with Gasteiger partial charge in [-0.2, -0.15) is 5.10 Å². The third-order valence-electron chi connectivity index (χ3n) is 1.97. The maximum absolute atomic E-state index is 11.6. The van der Waals surface area contributed by atoms with Crippen LogP contribution < -0.4 is 11.5 Å². The molecule has 1 heterocycles. The summed E-state index contributed by atoms with van der Waals surface area (Å²) >= 11 is 0. The van der Waals surface area contributed by atoms with E-state index in [-0.39, 0.29) is 18.9 Å². The standard InChI is InChI=1S/C8H14N6O2/c1-14(3-7-11-4-12-13-7)8(16)5(9)2-6(10)15/h4-5H,2-3,9H2,1H3,(H2,10,15)(H,11,12,13). The molecule has 0 saturated carbocycles. The highest BCUT2D eigenvalue weighted by atomic mass is 16.2. The third-order valence-corrected chi connectivity index (χ3v) is 1.97. The lowest BCUT2D eigenvalue weighted by Crippen LogP contribution is -2.43. The molecule has 0 aromatic carbocycles. The van der Waals surface area contributed by atoms with Crippen LogP contribution in [0.1, 0.15) is 12.2 Å². The Hall–Kier alpha value is -1.96. The zero-order valence-electron chi connectivity index (χ0n) is 8.88. The maximum Gasteiger partial charge on any atom is 0.240 e. The quantitative estimate of drug-likeness (QED) is 0.532. The first-order valence-corrected chi connectivity index (χ1v) is 4.63. The van der Waals surface area contributed by atoms with Crippen molar-refractivity contribution in [1.82, 2.24) is 20.1 Å². The largest absolute Gasteiger partial charge is 0.370 e. The minimum atomic E-state index is -0.912. The van der Waals surface area contributed by atoms with Gasteiger partial charge in [-0.1, -0.05) is 0 Å². The van der Waals surface area contributed by atoms with E-state index >= 15 is 0 Å². The first-order valence-electron chi connectivity index (χ1n) is 4.63. The normalized spacial score (nSPS) is 12.1. The fourth-order valence-electron chi connectivity index (χ4n) is 1.20. The molecule has 88 valence electrons. The number of hydrogen-bond donors (Lipinski definition) is 3. The lowest BCUT2D eigenvalue weighted by molar-refractivity contribution is -0.134. The van der Waals surface area contributed by atoms with Crippen molar-refractivity contribution in [2.24, 2.45) is 11.5 Å². The first-order chi connectivity index (χ1) is 7.50. The molecule has 1 atom stereocenters. The highest BCUT2D eigenvalue weighted by Gasteiger charge is 2.20. The van der Waals surface area contributed by atoms with Crippen LogP contribution in [0.25, 0.3) is 0 Å². The lowest BCUT2D eigenvalue weighted by Gasteiger charge is -2.19. The van der Waals surface area contributed by atoms with Gasteiger partial charge in [0.2, 0.25) is 11.8 Å². The number of rotatable bonds is 5. The average Bonchev–Trinajstić information content (AvgIpc) is 2.68. The minimum Gasteiger partial charge on any atom is -0.370 e. The summed E-state index contributed by atoms with van der Waals surface area (Å²) in [5, 5.41) is 6.26. The second-order valence-electron chi connectivity index (χ2n) is 3.40. The minimum absolute atomic E-state index is 0.167. The average molecular weight is 226 g/mol. The Kier molecular flexibility index (Phi) is 3.95. The van der Waals surface area contributed by atoms with E-state index in [0.29, 0.717) is 5.82 Å². The van der Waals surface area contributed by atoms with Gasteiger partial charge in [0.1, 0.15) is 12.2 Å². The number of aromatic nitrogens is 3. The highest BCUT2D eigenvalue weighted by molar-refractivity contribution is 5.87. The third kappa shape index (κ3) is 3.31. The number of nitrogens with one attached hydrogen (secondary N) is 1. The fourth-order valence-corrected chi connectivity index (χ4v) is 1.20. The monoisotopic (exact) mass is 226 g/mol. The number of carbonyl (C=O) groups excluding carboxylic acids is 2. The van der Waals surface area contributed by atoms with Gasteiger partial charge in [-0.05, 0) is 0 Å². The van der Waals surface area contributed by atoms with Crippen LogP contribution in [0, 0.1) is 0 Å². The van der Waals surface area contributed by atoms with Gasteiger partial charge in [0.15, 0.2) is 0 Å². The summed E-state index contributed by atoms with van der Waals surface area (Å²) in [6.07, 6.45) is 1.18. The Morgan fingerprint density at radius 3 is 2.81 bits per heavy atom. The lowest BCUT2D eigenvalue weighted by atomic mass is 10.2. The van der Waals surface area contributed by atoms with Crippen molar-refractivity contribution >= 4 is 11.8 Å². The molecular formula is C8H14N6O2. The SMILES string of the molecule is CN(Cc1ncn[nH]1)C(=O)C(N)CC(N)=O. The van der Waals surface area contributed by atoms with Crippen LogP contribution in [0.3, 0.4) is 0 Å². The van der Waals surface area contributed by atoms with Crippen molar-refractivity contribution < 1.29 is 9.59 Å². The van der Waals surface area contributed by atoms with Crippen molar-refractivity contribution in [3.8, 4) is 0 Å². The molecule has 8 heteroatoms. The van der Waals surface area contributed by atoms with Crippen LogP contribution in [0.5, 0.6) is 0 Å². The summed E-state index contributed by atoms with van der Waals surface area (Å²) in [6, 6.07) is -0.912. The molecule has 1 aromatic heterocycles. The van der Waals surface area contributed by atoms with Gasteiger partial charge >= 0.3 is 0 Å². The number of carbonyl (C=O) groups is 2. The molecule has 1 unspecified atom stereocenters. The van der Waals surface area contributed by atoms with Crippen LogP contribution in [0.4, 0.5) is 0 Å². The second-order valence-corrected chi connectivity index (χ2v) is 3.40. The van der Waals surface area contributed by atoms with Gasteiger partial charge in [-0.15, -0.1) is 0 Å². The van der Waals surface area contributed by atoms with E-state index < -0.39 is 11.9 Å². The number of aromatic amines is 1. The Morgan fingerprint density at radius 1 is 1.62 bits per heavy atom. The maximum atomic E-state index is 11.6. The van der Waals surface area contributed by atoms with Crippen molar-refractivity contribution in [3.05, 3.63) is 12.2 Å². The second kappa shape index (κ2) is 5.21. The molecule has 0 aliphatic rings. The molecule has 0 bridgehead atoms. The van der Waals surface area contributed by atoms with Crippen LogP contribution in [-0.2, 0) is 16.1 Å². The molecule has 0 fully saturated rings. The van der Waals surface area contributed by atoms with Crippen molar-refractivity contribution in [2.75, 3.05) is 7.05 Å². The Labute approximate surface area is 92.0 Å². The molecule has 16 heavy (non-hydrogen) atoms. The van der Waals surface area contributed by atoms with Gasteiger partial charge in [0, 0.05) is 7.05 Å². The van der Waals surface area contributed by atoms with Crippen molar-refractivity contribution in [3.63, 3.8) is 0 Å². The summed E-state index contributed by atoms with van der Waals surface area (Å²) in [6.45, 7) is 0.255. The first kappa shape index (κ1) is 12.1. The Balaban J connectivity index is 2.50. The van der Waals surface area contributed by atoms with E-state index in [0.717, 1.165) is 0 Å². The van der Waals surface area contributed by atoms with Gasteiger partial charge in [0.25, 0.3) is 0 Å². The summed E-state index contributed by atoms with van der Waals surface area (Å²) in [7, 11) is 1.56. The van der Waals surface area contributed by atoms with Gasteiger partial charge in [-0.25, -0.2) is 4.98 Å². The number of likely N-dealkylation sites (N-methyl/N-ethyl adjacent to an activating group) is 1. The number of H-pyrrole nitrogens is 1. The molecule has 0 radical (unpaired) electrons. The smallest absolute Gasteiger partial charge is 0.240 e. The Morgan fingerprint density at radius 2 is 2.31 bits per heavy atom. The van der Waals surface area contributed by atoms with Gasteiger partial charge in [-0.3, -0.25) is 14.7 Å². The molecular weight excluding hydrogens is 212 g/mol. The molecule has 0 saturated heterocycles. The summed E-state index contributed by atoms with van der Waals surface area (Å²) in [5.74, 6) is -0.425. The van der Waals surface area contributed by atoms with Crippen molar-refractivity contribution in [1.29, 1.82) is 0 Å². The predicted octanol–water partition coefficient (Wildman–Crippen LogP) is -2.03. The number of nitrogens with zero attached hydrogens (tertiary/aromatic N) is 3. The summed E-state index contributed by atoms with van der Waals surface area (Å²) < 4.78 is 0.